The van der Waals surface area contributed by atoms with Gasteiger partial charge in [0.2, 0.25) is 0 Å². The van der Waals surface area contributed by atoms with Crippen LogP contribution >= 0.6 is 0 Å². The second kappa shape index (κ2) is 10.1. The molecule has 0 unspecified atom stereocenters. The van der Waals surface area contributed by atoms with E-state index < -0.39 is 5.91 Å². The van der Waals surface area contributed by atoms with Gasteiger partial charge in [-0.25, -0.2) is 4.68 Å². The molecular weight excluding hydrogens is 430 g/mol. The zero-order chi connectivity index (χ0) is 24.1. The van der Waals surface area contributed by atoms with Crippen LogP contribution in [0.5, 0.6) is 11.5 Å². The molecule has 8 nitrogen and oxygen atoms in total. The third kappa shape index (κ3) is 5.04. The summed E-state index contributed by atoms with van der Waals surface area (Å²) < 4.78 is 7.55. The third-order valence-electron chi connectivity index (χ3n) is 5.92. The number of aromatic nitrogens is 2. The van der Waals surface area contributed by atoms with Crippen LogP contribution in [0.4, 0.5) is 5.82 Å². The van der Waals surface area contributed by atoms with E-state index in [0.717, 1.165) is 37.0 Å². The Hall–Kier alpha value is -4.25. The second-order valence-electron chi connectivity index (χ2n) is 8.21. The molecule has 1 heterocycles. The number of carbonyl (C=O) groups excluding carboxylic acids is 2. The molecule has 4 rings (SSSR count). The Morgan fingerprint density at radius 2 is 1.68 bits per heavy atom. The van der Waals surface area contributed by atoms with E-state index in [9.17, 15) is 9.59 Å². The Labute approximate surface area is 198 Å². The topological polar surface area (TPSA) is 125 Å². The van der Waals surface area contributed by atoms with Crippen LogP contribution in [0.3, 0.4) is 0 Å². The highest BCUT2D eigenvalue weighted by Crippen LogP contribution is 2.35. The highest BCUT2D eigenvalue weighted by molar-refractivity contribution is 6.03. The first-order chi connectivity index (χ1) is 16.5. The summed E-state index contributed by atoms with van der Waals surface area (Å²) in [6.45, 7) is 1.63. The summed E-state index contributed by atoms with van der Waals surface area (Å²) in [4.78, 5) is 24.0. The largest absolute Gasteiger partial charge is 0.457 e. The van der Waals surface area contributed by atoms with E-state index >= 15 is 0 Å². The minimum Gasteiger partial charge on any atom is -0.457 e. The number of rotatable bonds is 6. The van der Waals surface area contributed by atoms with Crippen LogP contribution < -0.4 is 21.5 Å². The lowest BCUT2D eigenvalue weighted by molar-refractivity contribution is -0.116. The van der Waals surface area contributed by atoms with E-state index in [4.69, 9.17) is 21.3 Å². The SMILES string of the molecule is CC#CC(=O)NC1CCC(n2nc(-c3ccc(Oc4ccccc4)cc3)c(C(N)=O)c2N)CC1. The van der Waals surface area contributed by atoms with Crippen molar-refractivity contribution >= 4 is 17.6 Å². The lowest BCUT2D eigenvalue weighted by Crippen LogP contribution is -2.37. The van der Waals surface area contributed by atoms with Crippen LogP contribution in [-0.4, -0.2) is 27.6 Å². The normalized spacial score (nSPS) is 17.3. The van der Waals surface area contributed by atoms with E-state index in [-0.39, 0.29) is 29.4 Å². The zero-order valence-corrected chi connectivity index (χ0v) is 19.0. The van der Waals surface area contributed by atoms with Gasteiger partial charge in [0, 0.05) is 11.6 Å². The first-order valence-corrected chi connectivity index (χ1v) is 11.2. The zero-order valence-electron chi connectivity index (χ0n) is 19.0. The Bertz CT molecular complexity index is 1230. The molecule has 174 valence electrons. The fourth-order valence-electron chi connectivity index (χ4n) is 4.28. The van der Waals surface area contributed by atoms with Crippen LogP contribution in [0.1, 0.15) is 49.0 Å². The number of nitrogen functional groups attached to an aromatic ring is 1. The van der Waals surface area contributed by atoms with Gasteiger partial charge in [-0.1, -0.05) is 24.1 Å². The van der Waals surface area contributed by atoms with Gasteiger partial charge in [-0.3, -0.25) is 9.59 Å². The second-order valence-corrected chi connectivity index (χ2v) is 8.21. The Morgan fingerprint density at radius 1 is 1.03 bits per heavy atom. The van der Waals surface area contributed by atoms with E-state index in [1.54, 1.807) is 11.6 Å². The molecular formula is C26H27N5O3. The molecule has 0 atom stereocenters. The van der Waals surface area contributed by atoms with Crippen molar-refractivity contribution in [1.82, 2.24) is 15.1 Å². The summed E-state index contributed by atoms with van der Waals surface area (Å²) in [7, 11) is 0. The maximum Gasteiger partial charge on any atom is 0.296 e. The first-order valence-electron chi connectivity index (χ1n) is 11.2. The molecule has 0 radical (unpaired) electrons. The number of amides is 2. The lowest BCUT2D eigenvalue weighted by Gasteiger charge is -2.29. The highest BCUT2D eigenvalue weighted by Gasteiger charge is 2.29. The number of ether oxygens (including phenoxy) is 1. The average Bonchev–Trinajstić information content (AvgIpc) is 3.18. The summed E-state index contributed by atoms with van der Waals surface area (Å²) in [6, 6.07) is 16.8. The van der Waals surface area contributed by atoms with Crippen molar-refractivity contribution in [2.45, 2.75) is 44.7 Å². The van der Waals surface area contributed by atoms with E-state index in [2.05, 4.69) is 17.2 Å². The summed E-state index contributed by atoms with van der Waals surface area (Å²) in [5.74, 6) is 5.88. The van der Waals surface area contributed by atoms with Gasteiger partial charge in [-0.2, -0.15) is 5.10 Å². The molecule has 1 saturated carbocycles. The predicted molar refractivity (Wildman–Crippen MR) is 130 cm³/mol. The number of primary amides is 1. The van der Waals surface area contributed by atoms with Crippen LogP contribution in [0.25, 0.3) is 11.3 Å². The summed E-state index contributed by atoms with van der Waals surface area (Å²) in [5, 5.41) is 7.62. The summed E-state index contributed by atoms with van der Waals surface area (Å²) in [5.41, 5.74) is 13.4. The van der Waals surface area contributed by atoms with Crippen molar-refractivity contribution in [2.75, 3.05) is 5.73 Å². The van der Waals surface area contributed by atoms with Gasteiger partial charge in [-0.05, 0) is 74.9 Å². The maximum absolute atomic E-state index is 12.3. The van der Waals surface area contributed by atoms with Crippen LogP contribution in [-0.2, 0) is 4.79 Å². The molecule has 2 amide bonds. The molecule has 2 aromatic carbocycles. The molecule has 1 aromatic heterocycles. The molecule has 8 heteroatoms. The van der Waals surface area contributed by atoms with Gasteiger partial charge in [0.05, 0.1) is 6.04 Å². The van der Waals surface area contributed by atoms with Crippen LogP contribution in [0.2, 0.25) is 0 Å². The minimum atomic E-state index is -0.623. The van der Waals surface area contributed by atoms with Crippen molar-refractivity contribution in [3.05, 3.63) is 60.2 Å². The molecule has 5 N–H and O–H groups in total. The average molecular weight is 458 g/mol. The number of benzene rings is 2. The van der Waals surface area contributed by atoms with Crippen molar-refractivity contribution < 1.29 is 14.3 Å². The molecule has 0 bridgehead atoms. The number of anilines is 1. The molecule has 1 fully saturated rings. The predicted octanol–water partition coefficient (Wildman–Crippen LogP) is 3.65. The van der Waals surface area contributed by atoms with Gasteiger partial charge >= 0.3 is 0 Å². The smallest absolute Gasteiger partial charge is 0.296 e. The number of nitrogens with zero attached hydrogens (tertiary/aromatic N) is 2. The van der Waals surface area contributed by atoms with Crippen molar-refractivity contribution in [3.63, 3.8) is 0 Å². The fraction of sp³-hybridized carbons (Fsp3) is 0.269. The van der Waals surface area contributed by atoms with Gasteiger partial charge in [0.15, 0.2) is 0 Å². The van der Waals surface area contributed by atoms with E-state index in [1.807, 2.05) is 54.6 Å². The Kier molecular flexibility index (Phi) is 6.83. The molecule has 1 aliphatic carbocycles. The molecule has 3 aromatic rings. The molecule has 0 aliphatic heterocycles. The molecule has 0 saturated heterocycles. The van der Waals surface area contributed by atoms with Crippen molar-refractivity contribution in [1.29, 1.82) is 0 Å². The van der Waals surface area contributed by atoms with Crippen molar-refractivity contribution in [2.24, 2.45) is 5.73 Å². The maximum atomic E-state index is 12.3. The van der Waals surface area contributed by atoms with Gasteiger partial charge in [0.25, 0.3) is 11.8 Å². The Balaban J connectivity index is 1.53. The van der Waals surface area contributed by atoms with Crippen LogP contribution in [0, 0.1) is 11.8 Å². The highest BCUT2D eigenvalue weighted by atomic mass is 16.5. The number of nitrogens with one attached hydrogen (secondary N) is 1. The third-order valence-corrected chi connectivity index (χ3v) is 5.92. The monoisotopic (exact) mass is 457 g/mol. The quantitative estimate of drug-likeness (QED) is 0.487. The summed E-state index contributed by atoms with van der Waals surface area (Å²) in [6.07, 6.45) is 3.07. The minimum absolute atomic E-state index is 0.0120. The number of nitrogens with two attached hydrogens (primary N) is 2. The summed E-state index contributed by atoms with van der Waals surface area (Å²) >= 11 is 0. The van der Waals surface area contributed by atoms with Gasteiger partial charge in [-0.15, -0.1) is 0 Å². The van der Waals surface area contributed by atoms with E-state index in [0.29, 0.717) is 11.4 Å². The number of hydrogen-bond acceptors (Lipinski definition) is 5. The number of hydrogen-bond donors (Lipinski definition) is 3. The lowest BCUT2D eigenvalue weighted by atomic mass is 9.91. The fourth-order valence-corrected chi connectivity index (χ4v) is 4.28. The van der Waals surface area contributed by atoms with Gasteiger partial charge in [0.1, 0.15) is 28.6 Å². The molecule has 0 spiro atoms. The molecule has 1 aliphatic rings. The standard InChI is InChI=1S/C26H27N5O3/c1-2-6-22(32)29-18-11-13-19(14-12-18)31-25(27)23(26(28)33)24(30-31)17-9-15-21(16-10-17)34-20-7-4-3-5-8-20/h3-5,7-10,15-16,18-19H,11-14,27H2,1H3,(H2,28,33)(H,29,32). The Morgan fingerprint density at radius 3 is 2.29 bits per heavy atom. The van der Waals surface area contributed by atoms with Crippen molar-refractivity contribution in [3.8, 4) is 34.6 Å². The number of para-hydroxylation sites is 1. The van der Waals surface area contributed by atoms with Crippen LogP contribution in [0.15, 0.2) is 54.6 Å². The molecule has 34 heavy (non-hydrogen) atoms. The first kappa shape index (κ1) is 22.9. The van der Waals surface area contributed by atoms with E-state index in [1.165, 1.54) is 0 Å². The number of carbonyl (C=O) groups is 2. The van der Waals surface area contributed by atoms with Gasteiger partial charge < -0.3 is 21.5 Å².